The highest BCUT2D eigenvalue weighted by atomic mass is 16.6. The van der Waals surface area contributed by atoms with Crippen molar-refractivity contribution in [1.82, 2.24) is 5.32 Å². The minimum Gasteiger partial charge on any atom is -0.486 e. The lowest BCUT2D eigenvalue weighted by atomic mass is 10.1. The Morgan fingerprint density at radius 2 is 1.81 bits per heavy atom. The van der Waals surface area contributed by atoms with Gasteiger partial charge >= 0.3 is 0 Å². The predicted octanol–water partition coefficient (Wildman–Crippen LogP) is 1.75. The zero-order chi connectivity index (χ0) is 18.6. The Labute approximate surface area is 155 Å². The summed E-state index contributed by atoms with van der Waals surface area (Å²) in [6.07, 6.45) is -0.0175. The van der Waals surface area contributed by atoms with Crippen LogP contribution in [0.25, 0.3) is 0 Å². The van der Waals surface area contributed by atoms with Crippen LogP contribution < -0.4 is 25.4 Å². The molecule has 0 radical (unpaired) electrons. The Kier molecular flexibility index (Phi) is 4.61. The van der Waals surface area contributed by atoms with Gasteiger partial charge in [-0.3, -0.25) is 14.9 Å². The number of carbonyl (C=O) groups is 2. The molecule has 3 N–H and O–H groups in total. The van der Waals surface area contributed by atoms with E-state index in [4.69, 9.17) is 9.47 Å². The number of hydrogen-bond donors (Lipinski definition) is 3. The van der Waals surface area contributed by atoms with Crippen molar-refractivity contribution in [2.75, 3.05) is 23.8 Å². The number of para-hydroxylation sites is 1. The summed E-state index contributed by atoms with van der Waals surface area (Å²) in [5.74, 6) is 0.832. The fourth-order valence-corrected chi connectivity index (χ4v) is 2.81. The van der Waals surface area contributed by atoms with Gasteiger partial charge < -0.3 is 20.1 Å². The molecule has 0 saturated heterocycles. The Balaban J connectivity index is 1.47. The predicted molar refractivity (Wildman–Crippen MR) is 100 cm³/mol. The molecule has 0 aliphatic carbocycles. The van der Waals surface area contributed by atoms with Crippen LogP contribution in [0.4, 0.5) is 11.4 Å². The molecule has 2 amide bonds. The second-order valence-electron chi connectivity index (χ2n) is 6.08. The van der Waals surface area contributed by atoms with E-state index in [1.165, 1.54) is 0 Å². The molecule has 8 heteroatoms. The highest BCUT2D eigenvalue weighted by molar-refractivity contribution is 6.10. The molecule has 0 unspecified atom stereocenters. The molecule has 2 aromatic rings. The van der Waals surface area contributed by atoms with Crippen molar-refractivity contribution in [3.8, 4) is 11.5 Å². The SMILES string of the molecule is O=C1C[C@@H](C(=O)Nc2ccc3c(c2)OCCO3)N=C(Nc2ccccc2)N1. The number of rotatable bonds is 3. The molecule has 2 aromatic carbocycles. The summed E-state index contributed by atoms with van der Waals surface area (Å²) in [6, 6.07) is 13.6. The number of aliphatic imine (C=N–C) groups is 1. The molecular formula is C19H18N4O4. The minimum atomic E-state index is -0.821. The molecule has 2 aliphatic heterocycles. The van der Waals surface area contributed by atoms with E-state index in [2.05, 4.69) is 20.9 Å². The van der Waals surface area contributed by atoms with Gasteiger partial charge in [-0.25, -0.2) is 4.99 Å². The minimum absolute atomic E-state index is 0.0175. The van der Waals surface area contributed by atoms with E-state index in [0.717, 1.165) is 5.69 Å². The van der Waals surface area contributed by atoms with E-state index >= 15 is 0 Å². The number of nitrogens with one attached hydrogen (secondary N) is 3. The number of benzene rings is 2. The molecule has 0 fully saturated rings. The normalized spacial score (nSPS) is 18.1. The first kappa shape index (κ1) is 16.9. The van der Waals surface area contributed by atoms with Crippen molar-refractivity contribution in [2.45, 2.75) is 12.5 Å². The van der Waals surface area contributed by atoms with Crippen molar-refractivity contribution in [1.29, 1.82) is 0 Å². The first-order valence-electron chi connectivity index (χ1n) is 8.57. The van der Waals surface area contributed by atoms with Gasteiger partial charge in [-0.05, 0) is 24.3 Å². The Morgan fingerprint density at radius 1 is 1.04 bits per heavy atom. The summed E-state index contributed by atoms with van der Waals surface area (Å²) >= 11 is 0. The third kappa shape index (κ3) is 4.00. The number of ether oxygens (including phenoxy) is 2. The zero-order valence-electron chi connectivity index (χ0n) is 14.4. The molecule has 138 valence electrons. The second kappa shape index (κ2) is 7.36. The molecule has 0 spiro atoms. The van der Waals surface area contributed by atoms with E-state index < -0.39 is 6.04 Å². The highest BCUT2D eigenvalue weighted by Crippen LogP contribution is 2.32. The maximum absolute atomic E-state index is 12.6. The summed E-state index contributed by atoms with van der Waals surface area (Å²) in [5.41, 5.74) is 1.33. The smallest absolute Gasteiger partial charge is 0.249 e. The summed E-state index contributed by atoms with van der Waals surface area (Å²) in [4.78, 5) is 28.9. The maximum atomic E-state index is 12.6. The monoisotopic (exact) mass is 366 g/mol. The lowest BCUT2D eigenvalue weighted by Gasteiger charge is -2.22. The van der Waals surface area contributed by atoms with Crippen LogP contribution in [0.5, 0.6) is 11.5 Å². The van der Waals surface area contributed by atoms with Crippen molar-refractivity contribution in [2.24, 2.45) is 4.99 Å². The third-order valence-corrected chi connectivity index (χ3v) is 4.07. The molecule has 2 heterocycles. The van der Waals surface area contributed by atoms with E-state index in [1.807, 2.05) is 30.3 Å². The fraction of sp³-hybridized carbons (Fsp3) is 0.211. The van der Waals surface area contributed by atoms with Crippen molar-refractivity contribution < 1.29 is 19.1 Å². The average Bonchev–Trinajstić information content (AvgIpc) is 2.68. The Morgan fingerprint density at radius 3 is 2.63 bits per heavy atom. The molecule has 8 nitrogen and oxygen atoms in total. The van der Waals surface area contributed by atoms with Gasteiger partial charge in [0, 0.05) is 17.4 Å². The molecule has 27 heavy (non-hydrogen) atoms. The first-order valence-corrected chi connectivity index (χ1v) is 8.57. The number of guanidine groups is 1. The van der Waals surface area contributed by atoms with Crippen molar-refractivity contribution >= 4 is 29.1 Å². The van der Waals surface area contributed by atoms with Crippen LogP contribution in [0.15, 0.2) is 53.5 Å². The topological polar surface area (TPSA) is 101 Å². The lowest BCUT2D eigenvalue weighted by molar-refractivity contribution is -0.124. The first-order chi connectivity index (χ1) is 13.2. The van der Waals surface area contributed by atoms with Crippen LogP contribution in [-0.2, 0) is 9.59 Å². The average molecular weight is 366 g/mol. The molecule has 0 aromatic heterocycles. The number of amides is 2. The molecule has 1 atom stereocenters. The quantitative estimate of drug-likeness (QED) is 0.768. The van der Waals surface area contributed by atoms with Gasteiger partial charge in [0.15, 0.2) is 11.5 Å². The van der Waals surface area contributed by atoms with E-state index in [9.17, 15) is 9.59 Å². The number of fused-ring (bicyclic) bond motifs is 1. The summed E-state index contributed by atoms with van der Waals surface area (Å²) in [5, 5.41) is 8.42. The molecule has 4 rings (SSSR count). The van der Waals surface area contributed by atoms with Gasteiger partial charge in [0.25, 0.3) is 0 Å². The standard InChI is InChI=1S/C19H18N4O4/c24-17-11-14(22-19(23-17)21-12-4-2-1-3-5-12)18(25)20-13-6-7-15-16(10-13)27-9-8-26-15/h1-7,10,14H,8-9,11H2,(H,20,25)(H2,21,22,23,24)/t14-/m0/s1. The van der Waals surface area contributed by atoms with Gasteiger partial charge in [-0.1, -0.05) is 18.2 Å². The third-order valence-electron chi connectivity index (χ3n) is 4.07. The van der Waals surface area contributed by atoms with Crippen molar-refractivity contribution in [3.05, 3.63) is 48.5 Å². The highest BCUT2D eigenvalue weighted by Gasteiger charge is 2.27. The maximum Gasteiger partial charge on any atom is 0.249 e. The van der Waals surface area contributed by atoms with Crippen LogP contribution in [0.2, 0.25) is 0 Å². The van der Waals surface area contributed by atoms with Crippen LogP contribution in [0.3, 0.4) is 0 Å². The number of carbonyl (C=O) groups excluding carboxylic acids is 2. The van der Waals surface area contributed by atoms with Gasteiger partial charge in [-0.2, -0.15) is 0 Å². The second-order valence-corrected chi connectivity index (χ2v) is 6.08. The van der Waals surface area contributed by atoms with Crippen LogP contribution in [-0.4, -0.2) is 37.0 Å². The lowest BCUT2D eigenvalue weighted by Crippen LogP contribution is -2.45. The number of anilines is 2. The molecule has 2 aliphatic rings. The summed E-state index contributed by atoms with van der Waals surface area (Å²) < 4.78 is 11.0. The molecule has 0 bridgehead atoms. The van der Waals surface area contributed by atoms with Crippen LogP contribution in [0, 0.1) is 0 Å². The van der Waals surface area contributed by atoms with Gasteiger partial charge in [0.1, 0.15) is 19.3 Å². The van der Waals surface area contributed by atoms with Crippen molar-refractivity contribution in [3.63, 3.8) is 0 Å². The Hall–Kier alpha value is -3.55. The van der Waals surface area contributed by atoms with Crippen LogP contribution in [0.1, 0.15) is 6.42 Å². The molecular weight excluding hydrogens is 348 g/mol. The molecule has 0 saturated carbocycles. The number of hydrogen-bond acceptors (Lipinski definition) is 6. The van der Waals surface area contributed by atoms with Crippen LogP contribution >= 0.6 is 0 Å². The van der Waals surface area contributed by atoms with Gasteiger partial charge in [0.2, 0.25) is 17.8 Å². The zero-order valence-corrected chi connectivity index (χ0v) is 14.4. The number of nitrogens with zero attached hydrogens (tertiary/aromatic N) is 1. The largest absolute Gasteiger partial charge is 0.486 e. The fourth-order valence-electron chi connectivity index (χ4n) is 2.81. The summed E-state index contributed by atoms with van der Waals surface area (Å²) in [6.45, 7) is 0.966. The summed E-state index contributed by atoms with van der Waals surface area (Å²) in [7, 11) is 0. The van der Waals surface area contributed by atoms with Gasteiger partial charge in [-0.15, -0.1) is 0 Å². The van der Waals surface area contributed by atoms with E-state index in [0.29, 0.717) is 30.4 Å². The Bertz CT molecular complexity index is 898. The van der Waals surface area contributed by atoms with E-state index in [-0.39, 0.29) is 24.2 Å². The van der Waals surface area contributed by atoms with E-state index in [1.54, 1.807) is 18.2 Å². The van der Waals surface area contributed by atoms with Gasteiger partial charge in [0.05, 0.1) is 6.42 Å².